The number of hydrogen-bond acceptors (Lipinski definition) is 2. The van der Waals surface area contributed by atoms with Crippen LogP contribution in [0, 0.1) is 0 Å². The van der Waals surface area contributed by atoms with E-state index in [9.17, 15) is 0 Å². The second-order valence-corrected chi connectivity index (χ2v) is 11.1. The molecule has 0 aliphatic rings. The maximum absolute atomic E-state index is 2.46. The van der Waals surface area contributed by atoms with Crippen LogP contribution in [0.15, 0.2) is 0 Å². The number of rotatable bonds is 5. The molecule has 68 valence electrons. The summed E-state index contributed by atoms with van der Waals surface area (Å²) in [6, 6.07) is 0. The van der Waals surface area contributed by atoms with Crippen molar-refractivity contribution in [1.82, 2.24) is 7.71 Å². The van der Waals surface area contributed by atoms with Gasteiger partial charge in [-0.3, -0.25) is 0 Å². The zero-order valence-corrected chi connectivity index (χ0v) is 11.0. The average Bonchev–Trinajstić information content (AvgIpc) is 1.87. The summed E-state index contributed by atoms with van der Waals surface area (Å²) >= 11 is -1.20. The quantitative estimate of drug-likeness (QED) is 0.639. The van der Waals surface area contributed by atoms with Crippen LogP contribution in [0.25, 0.3) is 0 Å². The fourth-order valence-corrected chi connectivity index (χ4v) is 7.09. The summed E-state index contributed by atoms with van der Waals surface area (Å²) in [7, 11) is 8.89. The van der Waals surface area contributed by atoms with Crippen LogP contribution in [0.4, 0.5) is 0 Å². The van der Waals surface area contributed by atoms with Crippen molar-refractivity contribution in [3.63, 3.8) is 0 Å². The molecule has 0 aromatic rings. The second-order valence-electron chi connectivity index (χ2n) is 3.55. The topological polar surface area (TPSA) is 6.48 Å². The van der Waals surface area contributed by atoms with Crippen molar-refractivity contribution in [1.29, 1.82) is 0 Å². The number of unbranched alkanes of at least 4 members (excludes halogenated alkanes) is 1. The SMILES string of the molecule is CCC[CH2][GeH]([N](C)C)[N](C)C. The standard InChI is InChI=1S/C8H22GeN2/c1-6-7-8-9(10(2)3)11(4)5/h9H,6-8H2,1-5H3. The fourth-order valence-electron chi connectivity index (χ4n) is 1.36. The van der Waals surface area contributed by atoms with Crippen LogP contribution in [0.1, 0.15) is 19.8 Å². The third kappa shape index (κ3) is 4.82. The Morgan fingerprint density at radius 1 is 1.00 bits per heavy atom. The van der Waals surface area contributed by atoms with E-state index < -0.39 is 14.8 Å². The molecule has 0 aromatic carbocycles. The second kappa shape index (κ2) is 6.03. The molecule has 0 rings (SSSR count). The molecule has 0 heterocycles. The molecule has 0 aliphatic heterocycles. The maximum atomic E-state index is 2.46. The number of nitrogens with zero attached hydrogens (tertiary/aromatic N) is 2. The number of hydrogen-bond donors (Lipinski definition) is 0. The molecule has 0 saturated carbocycles. The van der Waals surface area contributed by atoms with Gasteiger partial charge in [0.2, 0.25) is 0 Å². The molecule has 0 fully saturated rings. The summed E-state index contributed by atoms with van der Waals surface area (Å²) in [6.45, 7) is 2.27. The average molecular weight is 219 g/mol. The predicted octanol–water partition coefficient (Wildman–Crippen LogP) is 1.13. The summed E-state index contributed by atoms with van der Waals surface area (Å²) in [6.07, 6.45) is 2.74. The van der Waals surface area contributed by atoms with Gasteiger partial charge in [-0.2, -0.15) is 0 Å². The minimum absolute atomic E-state index is 1.20. The van der Waals surface area contributed by atoms with E-state index in [4.69, 9.17) is 0 Å². The van der Waals surface area contributed by atoms with Crippen LogP contribution in [-0.2, 0) is 0 Å². The normalized spacial score (nSPS) is 12.0. The van der Waals surface area contributed by atoms with Gasteiger partial charge in [0.15, 0.2) is 0 Å². The Morgan fingerprint density at radius 2 is 1.45 bits per heavy atom. The van der Waals surface area contributed by atoms with Crippen molar-refractivity contribution in [2.24, 2.45) is 0 Å². The van der Waals surface area contributed by atoms with Crippen molar-refractivity contribution in [2.75, 3.05) is 28.2 Å². The molecule has 0 amide bonds. The van der Waals surface area contributed by atoms with Crippen molar-refractivity contribution in [3.8, 4) is 0 Å². The van der Waals surface area contributed by atoms with Crippen LogP contribution in [-0.4, -0.2) is 50.7 Å². The molecule has 0 saturated heterocycles. The molecule has 2 nitrogen and oxygen atoms in total. The molecule has 0 spiro atoms. The van der Waals surface area contributed by atoms with Gasteiger partial charge in [-0.15, -0.1) is 0 Å². The Bertz CT molecular complexity index is 86.1. The van der Waals surface area contributed by atoms with Gasteiger partial charge in [-0.25, -0.2) is 0 Å². The van der Waals surface area contributed by atoms with Gasteiger partial charge in [-0.1, -0.05) is 0 Å². The van der Waals surface area contributed by atoms with Crippen LogP contribution in [0.5, 0.6) is 0 Å². The first-order chi connectivity index (χ1) is 5.09. The predicted molar refractivity (Wildman–Crippen MR) is 54.2 cm³/mol. The van der Waals surface area contributed by atoms with Gasteiger partial charge in [0.1, 0.15) is 0 Å². The van der Waals surface area contributed by atoms with Gasteiger partial charge in [0.05, 0.1) is 0 Å². The summed E-state index contributed by atoms with van der Waals surface area (Å²) in [5.74, 6) is 0. The Kier molecular flexibility index (Phi) is 6.29. The molecule has 0 aliphatic carbocycles. The zero-order valence-electron chi connectivity index (χ0n) is 8.59. The van der Waals surface area contributed by atoms with Crippen molar-refractivity contribution >= 4 is 14.8 Å². The Labute approximate surface area is 76.1 Å². The van der Waals surface area contributed by atoms with E-state index in [0.29, 0.717) is 0 Å². The molecular formula is C8H22GeN2. The summed E-state index contributed by atoms with van der Waals surface area (Å²) < 4.78 is 4.92. The third-order valence-corrected chi connectivity index (χ3v) is 8.95. The first-order valence-electron chi connectivity index (χ1n) is 4.42. The molecule has 3 heteroatoms. The van der Waals surface area contributed by atoms with E-state index in [1.165, 1.54) is 18.1 Å². The van der Waals surface area contributed by atoms with Crippen LogP contribution in [0.3, 0.4) is 0 Å². The van der Waals surface area contributed by atoms with Gasteiger partial charge in [0.25, 0.3) is 0 Å². The molecule has 0 N–H and O–H groups in total. The molecule has 0 radical (unpaired) electrons. The van der Waals surface area contributed by atoms with Crippen LogP contribution in [0.2, 0.25) is 5.25 Å². The molecule has 0 atom stereocenters. The first kappa shape index (κ1) is 11.5. The van der Waals surface area contributed by atoms with Gasteiger partial charge in [0, 0.05) is 0 Å². The van der Waals surface area contributed by atoms with E-state index in [0.717, 1.165) is 0 Å². The van der Waals surface area contributed by atoms with Crippen molar-refractivity contribution < 1.29 is 0 Å². The van der Waals surface area contributed by atoms with Gasteiger partial charge < -0.3 is 0 Å². The Hall–Kier alpha value is 0.463. The van der Waals surface area contributed by atoms with E-state index in [1.54, 1.807) is 0 Å². The van der Waals surface area contributed by atoms with Crippen molar-refractivity contribution in [3.05, 3.63) is 0 Å². The molecular weight excluding hydrogens is 197 g/mol. The van der Waals surface area contributed by atoms with E-state index in [-0.39, 0.29) is 0 Å². The molecule has 0 aromatic heterocycles. The first-order valence-corrected chi connectivity index (χ1v) is 8.30. The third-order valence-electron chi connectivity index (χ3n) is 2.01. The van der Waals surface area contributed by atoms with Crippen LogP contribution >= 0.6 is 0 Å². The Balaban J connectivity index is 3.70. The monoisotopic (exact) mass is 220 g/mol. The summed E-state index contributed by atoms with van der Waals surface area (Å²) in [5.41, 5.74) is 0. The summed E-state index contributed by atoms with van der Waals surface area (Å²) in [4.78, 5) is 0. The summed E-state index contributed by atoms with van der Waals surface area (Å²) in [5, 5.41) is 1.46. The Morgan fingerprint density at radius 3 is 1.73 bits per heavy atom. The van der Waals surface area contributed by atoms with E-state index >= 15 is 0 Å². The molecule has 0 unspecified atom stereocenters. The molecule has 0 bridgehead atoms. The van der Waals surface area contributed by atoms with Gasteiger partial charge in [-0.05, 0) is 0 Å². The van der Waals surface area contributed by atoms with E-state index in [1.807, 2.05) is 0 Å². The van der Waals surface area contributed by atoms with Gasteiger partial charge >= 0.3 is 75.7 Å². The van der Waals surface area contributed by atoms with Crippen molar-refractivity contribution in [2.45, 2.75) is 25.0 Å². The molecule has 11 heavy (non-hydrogen) atoms. The van der Waals surface area contributed by atoms with E-state index in [2.05, 4.69) is 42.8 Å². The fraction of sp³-hybridized carbons (Fsp3) is 1.00. The zero-order chi connectivity index (χ0) is 8.85. The van der Waals surface area contributed by atoms with Crippen LogP contribution < -0.4 is 0 Å². The minimum atomic E-state index is -1.20.